The van der Waals surface area contributed by atoms with Crippen LogP contribution in [0.15, 0.2) is 36.4 Å². The largest absolute Gasteiger partial charge is 0.377 e. The van der Waals surface area contributed by atoms with Crippen LogP contribution < -0.4 is 16.4 Å². The van der Waals surface area contributed by atoms with E-state index in [-0.39, 0.29) is 6.17 Å². The van der Waals surface area contributed by atoms with Crippen LogP contribution in [0.5, 0.6) is 0 Å². The first kappa shape index (κ1) is 24.1. The third-order valence-electron chi connectivity index (χ3n) is 5.41. The predicted octanol–water partition coefficient (Wildman–Crippen LogP) is 3.04. The summed E-state index contributed by atoms with van der Waals surface area (Å²) in [6.07, 6.45) is 8.83. The van der Waals surface area contributed by atoms with E-state index in [1.165, 1.54) is 12.8 Å². The molecule has 3 rings (SSSR count). The maximum Gasteiger partial charge on any atom is 0.249 e. The smallest absolute Gasteiger partial charge is 0.249 e. The highest BCUT2D eigenvalue weighted by Crippen LogP contribution is 2.22. The minimum atomic E-state index is -0.400. The monoisotopic (exact) mass is 414 g/mol. The number of likely N-dealkylation sites (N-methyl/N-ethyl adjacent to an activating group) is 1. The second-order valence-electron chi connectivity index (χ2n) is 7.43. The summed E-state index contributed by atoms with van der Waals surface area (Å²) in [5, 5.41) is 7.01. The highest BCUT2D eigenvalue weighted by Gasteiger charge is 2.20. The summed E-state index contributed by atoms with van der Waals surface area (Å²) in [4.78, 5) is 14.3. The van der Waals surface area contributed by atoms with Crippen molar-refractivity contribution in [3.05, 3.63) is 53.1 Å². The predicted molar refractivity (Wildman–Crippen MR) is 124 cm³/mol. The zero-order chi connectivity index (χ0) is 21.9. The van der Waals surface area contributed by atoms with E-state index in [1.54, 1.807) is 0 Å². The highest BCUT2D eigenvalue weighted by atomic mass is 16.5. The van der Waals surface area contributed by atoms with Crippen LogP contribution in [0.2, 0.25) is 0 Å². The first-order valence-electron chi connectivity index (χ1n) is 11.2. The van der Waals surface area contributed by atoms with Crippen molar-refractivity contribution in [3.63, 3.8) is 0 Å². The lowest BCUT2D eigenvalue weighted by molar-refractivity contribution is 0.0750. The number of nitrogens with two attached hydrogens (primary N) is 1. The molecule has 2 unspecified atom stereocenters. The molecule has 0 saturated carbocycles. The van der Waals surface area contributed by atoms with E-state index in [0.717, 1.165) is 49.6 Å². The van der Waals surface area contributed by atoms with Gasteiger partial charge in [0.1, 0.15) is 0 Å². The number of dihydropyridines is 1. The average molecular weight is 415 g/mol. The quantitative estimate of drug-likeness (QED) is 0.579. The number of rotatable bonds is 9. The molecule has 0 radical (unpaired) electrons. The van der Waals surface area contributed by atoms with Crippen LogP contribution >= 0.6 is 0 Å². The Bertz CT molecular complexity index is 739. The molecule has 2 heterocycles. The van der Waals surface area contributed by atoms with Crippen LogP contribution in [0.25, 0.3) is 5.70 Å². The molecule has 166 valence electrons. The Morgan fingerprint density at radius 2 is 2.17 bits per heavy atom. The lowest BCUT2D eigenvalue weighted by Gasteiger charge is -2.27. The molecule has 2 atom stereocenters. The number of ether oxygens (including phenoxy) is 1. The molecule has 6 nitrogen and oxygen atoms in total. The number of hydrogen-bond acceptors (Lipinski definition) is 5. The van der Waals surface area contributed by atoms with Gasteiger partial charge in [-0.25, -0.2) is 0 Å². The molecule has 0 aromatic heterocycles. The molecule has 1 amide bonds. The number of nitrogens with zero attached hydrogens (tertiary/aromatic N) is 1. The van der Waals surface area contributed by atoms with E-state index in [2.05, 4.69) is 28.5 Å². The van der Waals surface area contributed by atoms with Crippen LogP contribution in [0, 0.1) is 6.92 Å². The Morgan fingerprint density at radius 1 is 1.37 bits per heavy atom. The van der Waals surface area contributed by atoms with Crippen molar-refractivity contribution in [2.75, 3.05) is 32.8 Å². The maximum absolute atomic E-state index is 11.9. The standard InChI is InChI=1S/C22H32N4O2.C2H6/c1-3-26(15-17-8-6-14-28-17)13-12-24-20-11-5-10-19(25-20)18-9-4-7-16(2)21(18)22(23)27;1-2/h4-5,7,9-11,17,20,24-25H,3,6,8,12-15H2,1-2H3,(H2,23,27);1-2H3. The van der Waals surface area contributed by atoms with Crippen molar-refractivity contribution in [1.29, 1.82) is 0 Å². The van der Waals surface area contributed by atoms with E-state index in [0.29, 0.717) is 11.7 Å². The summed E-state index contributed by atoms with van der Waals surface area (Å²) >= 11 is 0. The maximum atomic E-state index is 11.9. The number of amides is 1. The van der Waals surface area contributed by atoms with Crippen LogP contribution in [-0.2, 0) is 4.74 Å². The lowest BCUT2D eigenvalue weighted by atomic mass is 9.97. The normalized spacial score (nSPS) is 20.4. The van der Waals surface area contributed by atoms with Gasteiger partial charge in [0.2, 0.25) is 5.91 Å². The minimum absolute atomic E-state index is 0.0164. The van der Waals surface area contributed by atoms with Crippen molar-refractivity contribution in [2.45, 2.75) is 52.8 Å². The molecule has 30 heavy (non-hydrogen) atoms. The molecule has 1 aromatic carbocycles. The SMILES string of the molecule is CC.CCN(CCNC1C=CC=C(c2cccc(C)c2C(N)=O)N1)CC1CCCO1. The molecular weight excluding hydrogens is 376 g/mol. The number of carbonyl (C=O) groups is 1. The Kier molecular flexibility index (Phi) is 10.1. The Morgan fingerprint density at radius 3 is 2.83 bits per heavy atom. The van der Waals surface area contributed by atoms with Gasteiger partial charge in [0.15, 0.2) is 0 Å². The van der Waals surface area contributed by atoms with Gasteiger partial charge in [0.25, 0.3) is 0 Å². The summed E-state index contributed by atoms with van der Waals surface area (Å²) in [7, 11) is 0. The first-order valence-corrected chi connectivity index (χ1v) is 11.2. The van der Waals surface area contributed by atoms with Crippen LogP contribution in [0.4, 0.5) is 0 Å². The molecule has 2 aliphatic heterocycles. The number of benzene rings is 1. The number of primary amides is 1. The third kappa shape index (κ3) is 6.69. The van der Waals surface area contributed by atoms with Crippen molar-refractivity contribution in [3.8, 4) is 0 Å². The fourth-order valence-electron chi connectivity index (χ4n) is 3.87. The molecule has 1 aromatic rings. The second-order valence-corrected chi connectivity index (χ2v) is 7.43. The van der Waals surface area contributed by atoms with Crippen molar-refractivity contribution in [1.82, 2.24) is 15.5 Å². The fourth-order valence-corrected chi connectivity index (χ4v) is 3.87. The van der Waals surface area contributed by atoms with Gasteiger partial charge < -0.3 is 15.8 Å². The van der Waals surface area contributed by atoms with Crippen LogP contribution in [0.3, 0.4) is 0 Å². The Hall–Kier alpha value is -2.15. The van der Waals surface area contributed by atoms with Gasteiger partial charge in [-0.05, 0) is 44.0 Å². The minimum Gasteiger partial charge on any atom is -0.377 e. The number of allylic oxidation sites excluding steroid dienone is 2. The molecule has 1 saturated heterocycles. The third-order valence-corrected chi connectivity index (χ3v) is 5.41. The fraction of sp³-hybridized carbons (Fsp3) is 0.542. The van der Waals surface area contributed by atoms with Crippen molar-refractivity contribution >= 4 is 11.6 Å². The highest BCUT2D eigenvalue weighted by molar-refractivity contribution is 5.99. The molecule has 6 heteroatoms. The molecule has 2 aliphatic rings. The number of aryl methyl sites for hydroxylation is 1. The molecule has 4 N–H and O–H groups in total. The average Bonchev–Trinajstić information content (AvgIpc) is 3.27. The zero-order valence-electron chi connectivity index (χ0n) is 18.9. The van der Waals surface area contributed by atoms with Gasteiger partial charge in [0.05, 0.1) is 17.8 Å². The zero-order valence-corrected chi connectivity index (χ0v) is 18.9. The van der Waals surface area contributed by atoms with Crippen molar-refractivity contribution in [2.24, 2.45) is 5.73 Å². The van der Waals surface area contributed by atoms with Crippen LogP contribution in [0.1, 0.15) is 55.1 Å². The van der Waals surface area contributed by atoms with E-state index in [4.69, 9.17) is 10.5 Å². The van der Waals surface area contributed by atoms with Gasteiger partial charge in [0, 0.05) is 37.5 Å². The number of carbonyl (C=O) groups excluding carboxylic acids is 1. The molecular formula is C24H38N4O2. The molecule has 0 aliphatic carbocycles. The summed E-state index contributed by atoms with van der Waals surface area (Å²) in [6, 6.07) is 5.79. The van der Waals surface area contributed by atoms with Gasteiger partial charge in [-0.3, -0.25) is 15.0 Å². The Labute approximate surface area is 181 Å². The van der Waals surface area contributed by atoms with Crippen LogP contribution in [-0.4, -0.2) is 55.9 Å². The van der Waals surface area contributed by atoms with Gasteiger partial charge >= 0.3 is 0 Å². The first-order chi connectivity index (χ1) is 14.6. The summed E-state index contributed by atoms with van der Waals surface area (Å²) < 4.78 is 5.75. The van der Waals surface area contributed by atoms with E-state index in [1.807, 2.05) is 51.1 Å². The summed E-state index contributed by atoms with van der Waals surface area (Å²) in [5.74, 6) is -0.400. The summed E-state index contributed by atoms with van der Waals surface area (Å²) in [6.45, 7) is 12.9. The molecule has 0 bridgehead atoms. The lowest BCUT2D eigenvalue weighted by Crippen LogP contribution is -2.45. The molecule has 1 fully saturated rings. The number of hydrogen-bond donors (Lipinski definition) is 3. The Balaban J connectivity index is 0.00000155. The van der Waals surface area contributed by atoms with Crippen molar-refractivity contribution < 1.29 is 9.53 Å². The van der Waals surface area contributed by atoms with Gasteiger partial charge in [-0.15, -0.1) is 0 Å². The topological polar surface area (TPSA) is 79.6 Å². The summed E-state index contributed by atoms with van der Waals surface area (Å²) in [5.41, 5.74) is 8.82. The van der Waals surface area contributed by atoms with E-state index in [9.17, 15) is 4.79 Å². The van der Waals surface area contributed by atoms with Gasteiger partial charge in [-0.2, -0.15) is 0 Å². The van der Waals surface area contributed by atoms with E-state index < -0.39 is 5.91 Å². The molecule has 0 spiro atoms. The van der Waals surface area contributed by atoms with E-state index >= 15 is 0 Å². The second kappa shape index (κ2) is 12.5. The number of nitrogens with one attached hydrogen (secondary N) is 2. The van der Waals surface area contributed by atoms with Gasteiger partial charge in [-0.1, -0.05) is 45.0 Å².